The van der Waals surface area contributed by atoms with Gasteiger partial charge in [-0.3, -0.25) is 0 Å². The maximum atomic E-state index is 10.6. The molecule has 0 aliphatic heterocycles. The van der Waals surface area contributed by atoms with Gasteiger partial charge >= 0.3 is 0 Å². The van der Waals surface area contributed by atoms with Crippen molar-refractivity contribution in [1.29, 1.82) is 0 Å². The van der Waals surface area contributed by atoms with E-state index in [-0.39, 0.29) is 0 Å². The average molecular weight is 213 g/mol. The van der Waals surface area contributed by atoms with Crippen molar-refractivity contribution >= 4 is 5.69 Å². The molecule has 0 saturated carbocycles. The zero-order chi connectivity index (χ0) is 11.4. The van der Waals surface area contributed by atoms with E-state index in [1.165, 1.54) is 0 Å². The van der Waals surface area contributed by atoms with Gasteiger partial charge in [0.2, 0.25) is 0 Å². The van der Waals surface area contributed by atoms with Crippen LogP contribution >= 0.6 is 0 Å². The third-order valence-electron chi connectivity index (χ3n) is 2.28. The van der Waals surface area contributed by atoms with E-state index < -0.39 is 0 Å². The lowest BCUT2D eigenvalue weighted by atomic mass is 10.2. The van der Waals surface area contributed by atoms with Crippen molar-refractivity contribution in [3.63, 3.8) is 0 Å². The molecular formula is C13H11NO2. The first-order chi connectivity index (χ1) is 7.81. The van der Waals surface area contributed by atoms with Crippen LogP contribution in [0.3, 0.4) is 0 Å². The second-order valence-corrected chi connectivity index (χ2v) is 3.43. The molecule has 0 aliphatic carbocycles. The molecule has 80 valence electrons. The molecule has 0 fully saturated rings. The smallest absolute Gasteiger partial charge is 0.156 e. The summed E-state index contributed by atoms with van der Waals surface area (Å²) >= 11 is 0. The molecule has 0 atom stereocenters. The van der Waals surface area contributed by atoms with Crippen LogP contribution in [0.2, 0.25) is 0 Å². The van der Waals surface area contributed by atoms with Crippen molar-refractivity contribution in [2.75, 3.05) is 0 Å². The lowest BCUT2D eigenvalue weighted by Gasteiger charge is -2.08. The average Bonchev–Trinajstić information content (AvgIpc) is 2.33. The van der Waals surface area contributed by atoms with Crippen LogP contribution in [0.25, 0.3) is 0 Å². The van der Waals surface area contributed by atoms with Crippen LogP contribution in [0, 0.1) is 11.8 Å². The van der Waals surface area contributed by atoms with Crippen LogP contribution in [0.1, 0.15) is 5.56 Å². The van der Waals surface area contributed by atoms with E-state index in [0.29, 0.717) is 11.4 Å². The quantitative estimate of drug-likeness (QED) is 0.717. The summed E-state index contributed by atoms with van der Waals surface area (Å²) in [5, 5.41) is 2.92. The van der Waals surface area contributed by atoms with E-state index in [4.69, 9.17) is 4.74 Å². The minimum absolute atomic E-state index is 0.311. The normalized spacial score (nSPS) is 9.81. The number of para-hydroxylation sites is 2. The molecule has 3 nitrogen and oxygen atoms in total. The van der Waals surface area contributed by atoms with Gasteiger partial charge in [0.1, 0.15) is 5.75 Å². The molecule has 2 rings (SSSR count). The highest BCUT2D eigenvalue weighted by Gasteiger charge is 2.05. The van der Waals surface area contributed by atoms with Crippen LogP contribution < -0.4 is 4.74 Å². The summed E-state index contributed by atoms with van der Waals surface area (Å²) in [5.74, 6) is 1.21. The number of ether oxygens (including phenoxy) is 1. The molecule has 0 unspecified atom stereocenters. The fourth-order valence-corrected chi connectivity index (χ4v) is 1.41. The standard InChI is InChI=1S/C13H11NO2/c1-10-6-2-4-8-12(10)16-13-9-5-3-7-11(13)14-15/h2-9H,1H3. The van der Waals surface area contributed by atoms with Gasteiger partial charge in [0, 0.05) is 0 Å². The molecule has 2 aromatic carbocycles. The lowest BCUT2D eigenvalue weighted by Crippen LogP contribution is -1.87. The summed E-state index contributed by atoms with van der Waals surface area (Å²) in [6, 6.07) is 14.5. The van der Waals surface area contributed by atoms with Crippen LogP contribution in [-0.2, 0) is 0 Å². The third-order valence-corrected chi connectivity index (χ3v) is 2.28. The van der Waals surface area contributed by atoms with Gasteiger partial charge < -0.3 is 4.74 Å². The van der Waals surface area contributed by atoms with Gasteiger partial charge in [-0.1, -0.05) is 30.3 Å². The maximum Gasteiger partial charge on any atom is 0.156 e. The molecule has 0 N–H and O–H groups in total. The van der Waals surface area contributed by atoms with Gasteiger partial charge in [-0.25, -0.2) is 0 Å². The van der Waals surface area contributed by atoms with Crippen LogP contribution in [-0.4, -0.2) is 0 Å². The second-order valence-electron chi connectivity index (χ2n) is 3.43. The van der Waals surface area contributed by atoms with Crippen LogP contribution in [0.5, 0.6) is 11.5 Å². The highest BCUT2D eigenvalue weighted by molar-refractivity contribution is 5.53. The Balaban J connectivity index is 2.34. The van der Waals surface area contributed by atoms with E-state index in [9.17, 15) is 4.91 Å². The molecule has 3 heteroatoms. The zero-order valence-electron chi connectivity index (χ0n) is 8.88. The number of benzene rings is 2. The lowest BCUT2D eigenvalue weighted by molar-refractivity contribution is 0.480. The van der Waals surface area contributed by atoms with E-state index in [1.807, 2.05) is 37.3 Å². The van der Waals surface area contributed by atoms with Gasteiger partial charge in [-0.15, -0.1) is 4.91 Å². The first kappa shape index (κ1) is 10.4. The molecule has 0 aliphatic rings. The Morgan fingerprint density at radius 3 is 2.25 bits per heavy atom. The molecule has 0 amide bonds. The minimum atomic E-state index is 0.311. The Morgan fingerprint density at radius 2 is 1.56 bits per heavy atom. The van der Waals surface area contributed by atoms with Crippen LogP contribution in [0.15, 0.2) is 53.7 Å². The summed E-state index contributed by atoms with van der Waals surface area (Å²) in [6.07, 6.45) is 0. The molecule has 0 aromatic heterocycles. The van der Waals surface area contributed by atoms with E-state index in [2.05, 4.69) is 5.18 Å². The number of aryl methyl sites for hydroxylation is 1. The van der Waals surface area contributed by atoms with Crippen molar-refractivity contribution in [2.24, 2.45) is 5.18 Å². The third kappa shape index (κ3) is 2.08. The number of rotatable bonds is 3. The predicted octanol–water partition coefficient (Wildman–Crippen LogP) is 4.19. The van der Waals surface area contributed by atoms with Crippen molar-refractivity contribution in [3.05, 3.63) is 59.0 Å². The molecule has 16 heavy (non-hydrogen) atoms. The number of hydrogen-bond acceptors (Lipinski definition) is 3. The summed E-state index contributed by atoms with van der Waals surface area (Å²) < 4.78 is 5.64. The monoisotopic (exact) mass is 213 g/mol. The van der Waals surface area contributed by atoms with E-state index >= 15 is 0 Å². The molecular weight excluding hydrogens is 202 g/mol. The number of nitrogens with zero attached hydrogens (tertiary/aromatic N) is 1. The second kappa shape index (κ2) is 4.57. The molecule has 2 aromatic rings. The Hall–Kier alpha value is -2.16. The van der Waals surface area contributed by atoms with Crippen molar-refractivity contribution in [1.82, 2.24) is 0 Å². The van der Waals surface area contributed by atoms with Gasteiger partial charge in [0.05, 0.1) is 0 Å². The van der Waals surface area contributed by atoms with Gasteiger partial charge in [-0.2, -0.15) is 0 Å². The fraction of sp³-hybridized carbons (Fsp3) is 0.0769. The zero-order valence-corrected chi connectivity index (χ0v) is 8.88. The van der Waals surface area contributed by atoms with E-state index in [1.54, 1.807) is 18.2 Å². The minimum Gasteiger partial charge on any atom is -0.455 e. The van der Waals surface area contributed by atoms with Crippen molar-refractivity contribution in [3.8, 4) is 11.5 Å². The summed E-state index contributed by atoms with van der Waals surface area (Å²) in [6.45, 7) is 1.95. The number of nitroso groups, excluding NO2 is 1. The van der Waals surface area contributed by atoms with Crippen LogP contribution in [0.4, 0.5) is 5.69 Å². The fourth-order valence-electron chi connectivity index (χ4n) is 1.41. The van der Waals surface area contributed by atoms with Gasteiger partial charge in [0.15, 0.2) is 11.4 Å². The van der Waals surface area contributed by atoms with Gasteiger partial charge in [-0.05, 0) is 35.9 Å². The predicted molar refractivity (Wildman–Crippen MR) is 63.2 cm³/mol. The highest BCUT2D eigenvalue weighted by atomic mass is 16.5. The largest absolute Gasteiger partial charge is 0.455 e. The Kier molecular flexibility index (Phi) is 2.96. The molecule has 0 spiro atoms. The topological polar surface area (TPSA) is 38.7 Å². The summed E-state index contributed by atoms with van der Waals surface area (Å²) in [5.41, 5.74) is 1.33. The molecule has 0 saturated heterocycles. The van der Waals surface area contributed by atoms with Crippen molar-refractivity contribution < 1.29 is 4.74 Å². The molecule has 0 bridgehead atoms. The Labute approximate surface area is 93.7 Å². The maximum absolute atomic E-state index is 10.6. The summed E-state index contributed by atoms with van der Waals surface area (Å²) in [4.78, 5) is 10.6. The molecule has 0 heterocycles. The first-order valence-electron chi connectivity index (χ1n) is 4.97. The van der Waals surface area contributed by atoms with Crippen molar-refractivity contribution in [2.45, 2.75) is 6.92 Å². The number of hydrogen-bond donors (Lipinski definition) is 0. The Morgan fingerprint density at radius 1 is 0.938 bits per heavy atom. The first-order valence-corrected chi connectivity index (χ1v) is 4.97. The summed E-state index contributed by atoms with van der Waals surface area (Å²) in [7, 11) is 0. The molecule has 0 radical (unpaired) electrons. The van der Waals surface area contributed by atoms with E-state index in [0.717, 1.165) is 11.3 Å². The highest BCUT2D eigenvalue weighted by Crippen LogP contribution is 2.32. The SMILES string of the molecule is Cc1ccccc1Oc1ccccc1N=O. The van der Waals surface area contributed by atoms with Gasteiger partial charge in [0.25, 0.3) is 0 Å². The Bertz CT molecular complexity index is 509.